The van der Waals surface area contributed by atoms with Gasteiger partial charge in [-0.15, -0.1) is 11.3 Å². The quantitative estimate of drug-likeness (QED) is 0.188. The van der Waals surface area contributed by atoms with E-state index in [1.807, 2.05) is 11.3 Å². The smallest absolute Gasteiger partial charge is 0.143 e. The van der Waals surface area contributed by atoms with E-state index < -0.39 is 0 Å². The fourth-order valence-electron chi connectivity index (χ4n) is 8.05. The monoisotopic (exact) mass is 656 g/mol. The number of aromatic nitrogens is 1. The number of benzene rings is 8. The number of furan rings is 1. The molecule has 11 aromatic rings. The van der Waals surface area contributed by atoms with Crippen LogP contribution in [0.4, 0.5) is 17.1 Å². The van der Waals surface area contributed by atoms with Crippen LogP contribution in [-0.4, -0.2) is 4.57 Å². The molecule has 4 heteroatoms. The molecule has 0 atom stereocenters. The van der Waals surface area contributed by atoms with Gasteiger partial charge in [-0.1, -0.05) is 115 Å². The maximum absolute atomic E-state index is 6.76. The summed E-state index contributed by atoms with van der Waals surface area (Å²) in [4.78, 5) is 2.49. The van der Waals surface area contributed by atoms with Crippen LogP contribution in [0.15, 0.2) is 174 Å². The van der Waals surface area contributed by atoms with Gasteiger partial charge in [-0.25, -0.2) is 0 Å². The van der Waals surface area contributed by atoms with E-state index in [0.717, 1.165) is 55.6 Å². The van der Waals surface area contributed by atoms with Crippen LogP contribution < -0.4 is 4.90 Å². The predicted octanol–water partition coefficient (Wildman–Crippen LogP) is 13.7. The average molecular weight is 657 g/mol. The van der Waals surface area contributed by atoms with Gasteiger partial charge >= 0.3 is 0 Å². The minimum atomic E-state index is 0.873. The lowest BCUT2D eigenvalue weighted by atomic mass is 10.0. The SMILES string of the molecule is c1ccc(-n2c3ccccc3c3cccc(N(c4cccc5c4sc4ccccc45)c4cccc5oc6c7ccccc7ccc6c45)c32)cc1. The molecule has 0 N–H and O–H groups in total. The molecular weight excluding hydrogens is 629 g/mol. The maximum Gasteiger partial charge on any atom is 0.143 e. The van der Waals surface area contributed by atoms with Crippen molar-refractivity contribution in [3.05, 3.63) is 170 Å². The Bertz CT molecular complexity index is 3110. The Morgan fingerprint density at radius 3 is 2.04 bits per heavy atom. The van der Waals surface area contributed by atoms with Crippen LogP contribution >= 0.6 is 11.3 Å². The molecule has 8 aromatic carbocycles. The summed E-state index contributed by atoms with van der Waals surface area (Å²) < 4.78 is 11.7. The second-order valence-corrected chi connectivity index (χ2v) is 13.9. The van der Waals surface area contributed by atoms with Crippen LogP contribution in [0.25, 0.3) is 80.4 Å². The van der Waals surface area contributed by atoms with Gasteiger partial charge in [0.2, 0.25) is 0 Å². The van der Waals surface area contributed by atoms with Crippen LogP contribution in [0, 0.1) is 0 Å². The minimum absolute atomic E-state index is 0.873. The lowest BCUT2D eigenvalue weighted by molar-refractivity contribution is 0.672. The first-order valence-electron chi connectivity index (χ1n) is 16.9. The molecule has 0 aliphatic carbocycles. The molecule has 3 heterocycles. The Hall–Kier alpha value is -6.36. The Morgan fingerprint density at radius 1 is 0.460 bits per heavy atom. The van der Waals surface area contributed by atoms with Gasteiger partial charge in [-0.2, -0.15) is 0 Å². The average Bonchev–Trinajstić information content (AvgIpc) is 3.86. The number of thiophene rings is 1. The molecule has 3 aromatic heterocycles. The lowest BCUT2D eigenvalue weighted by Crippen LogP contribution is -2.12. The summed E-state index contributed by atoms with van der Waals surface area (Å²) in [7, 11) is 0. The van der Waals surface area contributed by atoms with Crippen molar-refractivity contribution in [3.63, 3.8) is 0 Å². The van der Waals surface area contributed by atoms with E-state index in [4.69, 9.17) is 4.42 Å². The number of hydrogen-bond acceptors (Lipinski definition) is 3. The number of rotatable bonds is 4. The normalized spacial score (nSPS) is 12.0. The first-order valence-corrected chi connectivity index (χ1v) is 17.8. The van der Waals surface area contributed by atoms with Gasteiger partial charge in [0, 0.05) is 42.7 Å². The number of anilines is 3. The highest BCUT2D eigenvalue weighted by Gasteiger charge is 2.26. The largest absolute Gasteiger partial charge is 0.455 e. The summed E-state index contributed by atoms with van der Waals surface area (Å²) in [5, 5.41) is 9.49. The van der Waals surface area contributed by atoms with Crippen LogP contribution in [0.1, 0.15) is 0 Å². The van der Waals surface area contributed by atoms with Crippen molar-refractivity contribution in [2.45, 2.75) is 0 Å². The maximum atomic E-state index is 6.76. The molecule has 0 radical (unpaired) electrons. The Kier molecular flexibility index (Phi) is 5.83. The summed E-state index contributed by atoms with van der Waals surface area (Å²) in [5.41, 5.74) is 8.59. The summed E-state index contributed by atoms with van der Waals surface area (Å²) >= 11 is 1.86. The van der Waals surface area contributed by atoms with Gasteiger partial charge in [-0.05, 0) is 60.0 Å². The van der Waals surface area contributed by atoms with Gasteiger partial charge in [0.1, 0.15) is 11.2 Å². The molecule has 50 heavy (non-hydrogen) atoms. The summed E-state index contributed by atoms with van der Waals surface area (Å²) in [6.45, 7) is 0. The number of hydrogen-bond donors (Lipinski definition) is 0. The van der Waals surface area contributed by atoms with Crippen molar-refractivity contribution in [1.29, 1.82) is 0 Å². The molecule has 0 spiro atoms. The van der Waals surface area contributed by atoms with Crippen molar-refractivity contribution in [2.75, 3.05) is 4.90 Å². The second-order valence-electron chi connectivity index (χ2n) is 12.9. The van der Waals surface area contributed by atoms with Gasteiger partial charge < -0.3 is 13.9 Å². The van der Waals surface area contributed by atoms with Gasteiger partial charge in [0.15, 0.2) is 0 Å². The first kappa shape index (κ1) is 27.6. The Balaban J connectivity index is 1.32. The van der Waals surface area contributed by atoms with Gasteiger partial charge in [0.25, 0.3) is 0 Å². The fraction of sp³-hybridized carbons (Fsp3) is 0. The summed E-state index contributed by atoms with van der Waals surface area (Å²) in [6.07, 6.45) is 0. The van der Waals surface area contributed by atoms with Gasteiger partial charge in [0.05, 0.1) is 38.2 Å². The van der Waals surface area contributed by atoms with E-state index in [1.165, 1.54) is 41.8 Å². The molecule has 0 saturated heterocycles. The van der Waals surface area contributed by atoms with E-state index in [9.17, 15) is 0 Å². The van der Waals surface area contributed by atoms with Crippen LogP contribution in [-0.2, 0) is 0 Å². The molecule has 0 saturated carbocycles. The predicted molar refractivity (Wildman–Crippen MR) is 213 cm³/mol. The molecule has 234 valence electrons. The Labute approximate surface area is 291 Å². The van der Waals surface area contributed by atoms with E-state index in [1.54, 1.807) is 0 Å². The second kappa shape index (κ2) is 10.6. The molecular formula is C46H28N2OS. The highest BCUT2D eigenvalue weighted by atomic mass is 32.1. The third kappa shape index (κ3) is 3.85. The lowest BCUT2D eigenvalue weighted by Gasteiger charge is -2.28. The molecule has 3 nitrogen and oxygen atoms in total. The van der Waals surface area contributed by atoms with E-state index in [2.05, 4.69) is 179 Å². The van der Waals surface area contributed by atoms with Gasteiger partial charge in [-0.3, -0.25) is 0 Å². The zero-order valence-corrected chi connectivity index (χ0v) is 27.7. The number of nitrogens with zero attached hydrogens (tertiary/aromatic N) is 2. The topological polar surface area (TPSA) is 21.3 Å². The Morgan fingerprint density at radius 2 is 1.14 bits per heavy atom. The molecule has 0 aliphatic heterocycles. The zero-order valence-electron chi connectivity index (χ0n) is 26.9. The van der Waals surface area contributed by atoms with Crippen molar-refractivity contribution >= 4 is 103 Å². The van der Waals surface area contributed by atoms with Crippen molar-refractivity contribution < 1.29 is 4.42 Å². The van der Waals surface area contributed by atoms with Crippen LogP contribution in [0.3, 0.4) is 0 Å². The van der Waals surface area contributed by atoms with E-state index in [0.29, 0.717) is 0 Å². The third-order valence-corrected chi connectivity index (χ3v) is 11.4. The zero-order chi connectivity index (χ0) is 32.8. The highest BCUT2D eigenvalue weighted by molar-refractivity contribution is 7.26. The third-order valence-electron chi connectivity index (χ3n) is 10.2. The standard InChI is InChI=1S/C46H28N2OS/c1-2-14-30(15-3-1)47-37-21-8-6-17-32(37)34-19-10-23-39(44(34)47)48(40-24-11-20-35-33-18-7-9-26-42(33)50-46(35)40)38-22-12-25-41-43(38)36-28-27-29-13-4-5-16-31(29)45(36)49-41/h1-28H. The molecule has 0 bridgehead atoms. The minimum Gasteiger partial charge on any atom is -0.455 e. The molecule has 0 fully saturated rings. The number of fused-ring (bicyclic) bond motifs is 11. The van der Waals surface area contributed by atoms with Crippen molar-refractivity contribution in [1.82, 2.24) is 4.57 Å². The van der Waals surface area contributed by atoms with E-state index >= 15 is 0 Å². The molecule has 0 amide bonds. The first-order chi connectivity index (χ1) is 24.8. The molecule has 0 unspecified atom stereocenters. The van der Waals surface area contributed by atoms with Crippen molar-refractivity contribution in [2.24, 2.45) is 0 Å². The summed E-state index contributed by atoms with van der Waals surface area (Å²) in [6, 6.07) is 61.2. The van der Waals surface area contributed by atoms with Crippen molar-refractivity contribution in [3.8, 4) is 5.69 Å². The number of para-hydroxylation sites is 3. The fourth-order valence-corrected chi connectivity index (χ4v) is 9.25. The van der Waals surface area contributed by atoms with E-state index in [-0.39, 0.29) is 0 Å². The highest BCUT2D eigenvalue weighted by Crippen LogP contribution is 2.50. The molecule has 0 aliphatic rings. The molecule has 11 rings (SSSR count). The van der Waals surface area contributed by atoms with Crippen LogP contribution in [0.2, 0.25) is 0 Å². The summed E-state index contributed by atoms with van der Waals surface area (Å²) in [5.74, 6) is 0. The van der Waals surface area contributed by atoms with Crippen LogP contribution in [0.5, 0.6) is 0 Å².